The van der Waals surface area contributed by atoms with Crippen LogP contribution in [0.4, 0.5) is 0 Å². The van der Waals surface area contributed by atoms with E-state index in [1.54, 1.807) is 0 Å². The molecule has 0 saturated carbocycles. The second-order valence-electron chi connectivity index (χ2n) is 6.02. The number of carbonyl (C=O) groups is 1. The number of amides is 1. The first-order chi connectivity index (χ1) is 10.8. The Hall–Kier alpha value is -1.59. The molecule has 0 aromatic heterocycles. The number of hydrogen-bond donors (Lipinski definition) is 1. The number of aliphatic hydroxyl groups excluding tert-OH is 1. The molecule has 22 heavy (non-hydrogen) atoms. The van der Waals surface area contributed by atoms with Gasteiger partial charge in [-0.1, -0.05) is 6.07 Å². The second kappa shape index (κ2) is 7.11. The quantitative estimate of drug-likeness (QED) is 0.870. The molecule has 1 aliphatic carbocycles. The largest absolute Gasteiger partial charge is 0.484 e. The summed E-state index contributed by atoms with van der Waals surface area (Å²) in [6.45, 7) is 4.05. The van der Waals surface area contributed by atoms with Gasteiger partial charge in [0.05, 0.1) is 6.61 Å². The molecule has 0 atom stereocenters. The minimum atomic E-state index is 0.0455. The van der Waals surface area contributed by atoms with Gasteiger partial charge < -0.3 is 14.7 Å². The molecule has 5 nitrogen and oxygen atoms in total. The molecular formula is C17H24N2O3. The lowest BCUT2D eigenvalue weighted by Crippen LogP contribution is -2.50. The monoisotopic (exact) mass is 304 g/mol. The number of β-amino-alcohol motifs (C(OH)–C–C–N with tert-alkyl or cyclic N) is 1. The van der Waals surface area contributed by atoms with Crippen LogP contribution in [0.5, 0.6) is 5.75 Å². The molecule has 3 rings (SSSR count). The Labute approximate surface area is 131 Å². The van der Waals surface area contributed by atoms with Gasteiger partial charge in [-0.15, -0.1) is 0 Å². The normalized spacial score (nSPS) is 18.3. The molecule has 1 aliphatic heterocycles. The van der Waals surface area contributed by atoms with Crippen LogP contribution in [0.2, 0.25) is 0 Å². The van der Waals surface area contributed by atoms with E-state index in [9.17, 15) is 4.79 Å². The molecule has 5 heteroatoms. The van der Waals surface area contributed by atoms with Gasteiger partial charge in [-0.05, 0) is 42.5 Å². The molecule has 120 valence electrons. The van der Waals surface area contributed by atoms with Gasteiger partial charge >= 0.3 is 0 Å². The van der Waals surface area contributed by atoms with Crippen LogP contribution in [-0.4, -0.2) is 66.8 Å². The van der Waals surface area contributed by atoms with Crippen LogP contribution >= 0.6 is 0 Å². The molecule has 1 aromatic rings. The highest BCUT2D eigenvalue weighted by atomic mass is 16.5. The van der Waals surface area contributed by atoms with Gasteiger partial charge in [0.15, 0.2) is 6.61 Å². The molecule has 0 bridgehead atoms. The smallest absolute Gasteiger partial charge is 0.260 e. The fourth-order valence-electron chi connectivity index (χ4n) is 3.24. The zero-order valence-electron chi connectivity index (χ0n) is 13.0. The zero-order valence-corrected chi connectivity index (χ0v) is 13.0. The molecule has 1 saturated heterocycles. The van der Waals surface area contributed by atoms with E-state index in [1.807, 2.05) is 11.0 Å². The molecular weight excluding hydrogens is 280 g/mol. The Balaban J connectivity index is 1.46. The molecule has 1 N–H and O–H groups in total. The maximum atomic E-state index is 12.2. The Bertz CT molecular complexity index is 525. The summed E-state index contributed by atoms with van der Waals surface area (Å²) in [5.74, 6) is 0.845. The number of aryl methyl sites for hydroxylation is 2. The van der Waals surface area contributed by atoms with Gasteiger partial charge in [0, 0.05) is 32.7 Å². The number of piperazine rings is 1. The number of carbonyl (C=O) groups excluding carboxylic acids is 1. The van der Waals surface area contributed by atoms with Crippen molar-refractivity contribution in [3.8, 4) is 5.75 Å². The minimum absolute atomic E-state index is 0.0455. The third-order valence-electron chi connectivity index (χ3n) is 4.57. The van der Waals surface area contributed by atoms with E-state index in [0.29, 0.717) is 19.6 Å². The maximum Gasteiger partial charge on any atom is 0.260 e. The molecule has 2 aliphatic rings. The first-order valence-electron chi connectivity index (χ1n) is 8.12. The van der Waals surface area contributed by atoms with Gasteiger partial charge in [-0.2, -0.15) is 0 Å². The summed E-state index contributed by atoms with van der Waals surface area (Å²) < 4.78 is 5.68. The van der Waals surface area contributed by atoms with Gasteiger partial charge in [-0.25, -0.2) is 0 Å². The lowest BCUT2D eigenvalue weighted by Gasteiger charge is -2.34. The van der Waals surface area contributed by atoms with E-state index in [4.69, 9.17) is 9.84 Å². The van der Waals surface area contributed by atoms with Crippen LogP contribution in [0, 0.1) is 0 Å². The Morgan fingerprint density at radius 2 is 1.91 bits per heavy atom. The molecule has 1 aromatic carbocycles. The van der Waals surface area contributed by atoms with Crippen molar-refractivity contribution in [2.75, 3.05) is 45.9 Å². The van der Waals surface area contributed by atoms with Gasteiger partial charge in [0.25, 0.3) is 5.91 Å². The van der Waals surface area contributed by atoms with E-state index in [-0.39, 0.29) is 19.1 Å². The van der Waals surface area contributed by atoms with E-state index in [2.05, 4.69) is 17.0 Å². The van der Waals surface area contributed by atoms with Crippen LogP contribution in [0.25, 0.3) is 0 Å². The number of nitrogens with zero attached hydrogens (tertiary/aromatic N) is 2. The fourth-order valence-corrected chi connectivity index (χ4v) is 3.24. The number of ether oxygens (including phenoxy) is 1. The lowest BCUT2D eigenvalue weighted by atomic mass is 10.1. The van der Waals surface area contributed by atoms with Crippen molar-refractivity contribution in [1.29, 1.82) is 0 Å². The summed E-state index contributed by atoms with van der Waals surface area (Å²) in [4.78, 5) is 16.2. The first-order valence-corrected chi connectivity index (χ1v) is 8.12. The van der Waals surface area contributed by atoms with Crippen molar-refractivity contribution in [2.24, 2.45) is 0 Å². The van der Waals surface area contributed by atoms with Crippen LogP contribution in [0.3, 0.4) is 0 Å². The first kappa shape index (κ1) is 15.3. The number of hydrogen-bond acceptors (Lipinski definition) is 4. The maximum absolute atomic E-state index is 12.2. The average molecular weight is 304 g/mol. The topological polar surface area (TPSA) is 53.0 Å². The van der Waals surface area contributed by atoms with E-state index in [1.165, 1.54) is 17.5 Å². The van der Waals surface area contributed by atoms with Gasteiger partial charge in [0.1, 0.15) is 5.75 Å². The Morgan fingerprint density at radius 1 is 1.14 bits per heavy atom. The predicted molar refractivity (Wildman–Crippen MR) is 84.1 cm³/mol. The van der Waals surface area contributed by atoms with E-state index in [0.717, 1.165) is 31.7 Å². The van der Waals surface area contributed by atoms with E-state index < -0.39 is 0 Å². The number of fused-ring (bicyclic) bond motifs is 1. The summed E-state index contributed by atoms with van der Waals surface area (Å²) in [5.41, 5.74) is 2.78. The SMILES string of the molecule is O=C(COc1ccc2c(c1)CCC2)N1CCN(CCO)CC1. The minimum Gasteiger partial charge on any atom is -0.484 e. The Kier molecular flexibility index (Phi) is 4.95. The molecule has 0 spiro atoms. The van der Waals surface area contributed by atoms with Crippen LogP contribution < -0.4 is 4.74 Å². The summed E-state index contributed by atoms with van der Waals surface area (Å²) in [5, 5.41) is 8.93. The van der Waals surface area contributed by atoms with Crippen molar-refractivity contribution in [2.45, 2.75) is 19.3 Å². The number of rotatable bonds is 5. The lowest BCUT2D eigenvalue weighted by molar-refractivity contribution is -0.135. The fraction of sp³-hybridized carbons (Fsp3) is 0.588. The van der Waals surface area contributed by atoms with Crippen molar-refractivity contribution in [3.63, 3.8) is 0 Å². The van der Waals surface area contributed by atoms with Crippen molar-refractivity contribution in [1.82, 2.24) is 9.80 Å². The summed E-state index contributed by atoms with van der Waals surface area (Å²) in [6, 6.07) is 6.17. The average Bonchev–Trinajstić information content (AvgIpc) is 3.01. The number of benzene rings is 1. The summed E-state index contributed by atoms with van der Waals surface area (Å²) >= 11 is 0. The number of aliphatic hydroxyl groups is 1. The highest BCUT2D eigenvalue weighted by Gasteiger charge is 2.21. The van der Waals surface area contributed by atoms with Crippen LogP contribution in [0.15, 0.2) is 18.2 Å². The van der Waals surface area contributed by atoms with Gasteiger partial charge in [-0.3, -0.25) is 9.69 Å². The van der Waals surface area contributed by atoms with Crippen molar-refractivity contribution in [3.05, 3.63) is 29.3 Å². The molecule has 0 radical (unpaired) electrons. The highest BCUT2D eigenvalue weighted by molar-refractivity contribution is 5.77. The third-order valence-corrected chi connectivity index (χ3v) is 4.57. The summed E-state index contributed by atoms with van der Waals surface area (Å²) in [6.07, 6.45) is 3.50. The van der Waals surface area contributed by atoms with Crippen LogP contribution in [0.1, 0.15) is 17.5 Å². The Morgan fingerprint density at radius 3 is 2.68 bits per heavy atom. The zero-order chi connectivity index (χ0) is 15.4. The second-order valence-corrected chi connectivity index (χ2v) is 6.02. The van der Waals surface area contributed by atoms with Crippen LogP contribution in [-0.2, 0) is 17.6 Å². The molecule has 1 amide bonds. The molecule has 0 unspecified atom stereocenters. The van der Waals surface area contributed by atoms with Crippen molar-refractivity contribution >= 4 is 5.91 Å². The van der Waals surface area contributed by atoms with Crippen molar-refractivity contribution < 1.29 is 14.6 Å². The third kappa shape index (κ3) is 3.59. The van der Waals surface area contributed by atoms with E-state index >= 15 is 0 Å². The predicted octanol–water partition coefficient (Wildman–Crippen LogP) is 0.691. The standard InChI is InChI=1S/C17H24N2O3/c20-11-10-18-6-8-19(9-7-18)17(21)13-22-16-5-4-14-2-1-3-15(14)12-16/h4-5,12,20H,1-3,6-11,13H2. The summed E-state index contributed by atoms with van der Waals surface area (Å²) in [7, 11) is 0. The highest BCUT2D eigenvalue weighted by Crippen LogP contribution is 2.26. The molecule has 1 heterocycles. The molecule has 1 fully saturated rings. The van der Waals surface area contributed by atoms with Gasteiger partial charge in [0.2, 0.25) is 0 Å².